The Hall–Kier alpha value is -0.261. The van der Waals surface area contributed by atoms with Crippen molar-refractivity contribution < 1.29 is 19.8 Å². The third-order valence-corrected chi connectivity index (χ3v) is 7.41. The van der Waals surface area contributed by atoms with Crippen molar-refractivity contribution >= 4 is 33.1 Å². The van der Waals surface area contributed by atoms with Crippen LogP contribution in [0.5, 0.6) is 0 Å². The average Bonchev–Trinajstić information content (AvgIpc) is 1.99. The van der Waals surface area contributed by atoms with Crippen LogP contribution in [0.4, 0.5) is 0 Å². The van der Waals surface area contributed by atoms with E-state index in [0.29, 0.717) is 0 Å². The molecule has 0 aliphatic heterocycles. The van der Waals surface area contributed by atoms with Crippen molar-refractivity contribution in [1.29, 1.82) is 0 Å². The molecule has 0 amide bonds. The van der Waals surface area contributed by atoms with Crippen LogP contribution in [0.15, 0.2) is 0 Å². The number of aliphatic carboxylic acids is 2. The summed E-state index contributed by atoms with van der Waals surface area (Å²) in [7, 11) is 0. The van der Waals surface area contributed by atoms with E-state index < -0.39 is 11.9 Å². The molecular weight excluding hydrogens is 327 g/mol. The minimum atomic E-state index is -1.08. The molecule has 0 bridgehead atoms. The van der Waals surface area contributed by atoms with Crippen LogP contribution in [-0.2, 0) is 9.59 Å². The van der Waals surface area contributed by atoms with Crippen molar-refractivity contribution in [3.63, 3.8) is 0 Å². The zero-order valence-corrected chi connectivity index (χ0v) is 14.6. The summed E-state index contributed by atoms with van der Waals surface area (Å²) < 4.78 is 3.14. The number of carbonyl (C=O) groups excluding carboxylic acids is 2. The first-order valence-electron chi connectivity index (χ1n) is 5.65. The fraction of sp³-hybridized carbons (Fsp3) is 0.833. The monoisotopic (exact) mass is 352 g/mol. The van der Waals surface area contributed by atoms with Gasteiger partial charge in [-0.3, -0.25) is 0 Å². The molecule has 0 radical (unpaired) electrons. The Labute approximate surface area is 115 Å². The van der Waals surface area contributed by atoms with Crippen molar-refractivity contribution in [3.05, 3.63) is 0 Å². The first-order valence-corrected chi connectivity index (χ1v) is 9.69. The van der Waals surface area contributed by atoms with Gasteiger partial charge >= 0.3 is 69.5 Å². The molecule has 0 unspecified atom stereocenters. The minimum absolute atomic E-state index is 0.0709. The summed E-state index contributed by atoms with van der Waals surface area (Å²) in [5.41, 5.74) is 0. The van der Waals surface area contributed by atoms with Gasteiger partial charge in [0.1, 0.15) is 0 Å². The summed E-state index contributed by atoms with van der Waals surface area (Å²) in [5, 5.41) is 17.8. The van der Waals surface area contributed by atoms with E-state index in [2.05, 4.69) is 27.7 Å². The summed E-state index contributed by atoms with van der Waals surface area (Å²) >= 11 is 0.0709. The van der Waals surface area contributed by atoms with Gasteiger partial charge in [0.05, 0.1) is 0 Å². The molecule has 0 rings (SSSR count). The quantitative estimate of drug-likeness (QED) is 0.685. The van der Waals surface area contributed by atoms with E-state index in [0.717, 1.165) is 25.7 Å². The van der Waals surface area contributed by atoms with E-state index in [9.17, 15) is 0 Å². The fourth-order valence-corrected chi connectivity index (χ4v) is 4.43. The maximum absolute atomic E-state index is 8.89. The molecule has 0 atom stereocenters. The van der Waals surface area contributed by atoms with Crippen LogP contribution in [-0.4, -0.2) is 33.1 Å². The van der Waals surface area contributed by atoms with Crippen molar-refractivity contribution in [1.82, 2.24) is 0 Å². The third kappa shape index (κ3) is 90.2. The molecule has 0 N–H and O–H groups in total. The first-order chi connectivity index (χ1) is 7.59. The number of carboxylic acid groups (broad SMARTS) is 2. The second-order valence-corrected chi connectivity index (χ2v) is 8.19. The van der Waals surface area contributed by atoms with Gasteiger partial charge in [0.15, 0.2) is 0 Å². The van der Waals surface area contributed by atoms with Crippen LogP contribution >= 0.6 is 0 Å². The molecule has 0 saturated carbocycles. The van der Waals surface area contributed by atoms with E-state index >= 15 is 0 Å². The van der Waals surface area contributed by atoms with Gasteiger partial charge in [0.25, 0.3) is 0 Å². The van der Waals surface area contributed by atoms with E-state index in [4.69, 9.17) is 19.8 Å². The van der Waals surface area contributed by atoms with E-state index in [1.54, 1.807) is 8.87 Å². The number of rotatable bonds is 4. The summed E-state index contributed by atoms with van der Waals surface area (Å²) in [6.45, 7) is 11.3. The Morgan fingerprint density at radius 3 is 1.18 bits per heavy atom. The van der Waals surface area contributed by atoms with Crippen LogP contribution in [0, 0.1) is 11.8 Å². The Morgan fingerprint density at radius 1 is 0.882 bits per heavy atom. The van der Waals surface area contributed by atoms with E-state index in [1.165, 1.54) is 0 Å². The van der Waals surface area contributed by atoms with E-state index in [1.807, 2.05) is 0 Å². The van der Waals surface area contributed by atoms with Gasteiger partial charge in [0, 0.05) is 11.9 Å². The predicted octanol–water partition coefficient (Wildman–Crippen LogP) is 0.352. The molecule has 0 fully saturated rings. The molecule has 0 aliphatic rings. The fourth-order valence-electron chi connectivity index (χ4n) is 0.661. The van der Waals surface area contributed by atoms with Crippen molar-refractivity contribution in [2.45, 2.75) is 50.4 Å². The van der Waals surface area contributed by atoms with Crippen LogP contribution in [0.3, 0.4) is 0 Å². The molecule has 0 heterocycles. The summed E-state index contributed by atoms with van der Waals surface area (Å²) in [6.07, 6.45) is 0. The standard InChI is InChI=1S/2C4H9.2C2H4O2.Sn/c2*1-4(2)3;2*1-2(3)4;/h2*4H,1H2,2-3H3;2*1H3,(H,3,4);/q;;;;+2/p-2. The summed E-state index contributed by atoms with van der Waals surface area (Å²) in [4.78, 5) is 17.8. The van der Waals surface area contributed by atoms with Crippen LogP contribution in [0.2, 0.25) is 8.87 Å². The Balaban J connectivity index is -0.000000205. The molecule has 100 valence electrons. The zero-order valence-electron chi connectivity index (χ0n) is 11.7. The number of hydrogen-bond acceptors (Lipinski definition) is 4. The summed E-state index contributed by atoms with van der Waals surface area (Å²) in [6, 6.07) is 0. The normalized spacial score (nSPS) is 8.47. The van der Waals surface area contributed by atoms with Gasteiger partial charge in [-0.15, -0.1) is 0 Å². The first kappa shape index (κ1) is 22.0. The predicted molar refractivity (Wildman–Crippen MR) is 66.4 cm³/mol. The van der Waals surface area contributed by atoms with Crippen LogP contribution < -0.4 is 10.2 Å². The molecule has 0 saturated heterocycles. The Kier molecular flexibility index (Phi) is 20.3. The Morgan fingerprint density at radius 2 is 1.06 bits per heavy atom. The molecule has 5 heteroatoms. The van der Waals surface area contributed by atoms with Gasteiger partial charge in [-0.1, -0.05) is 0 Å². The van der Waals surface area contributed by atoms with Gasteiger partial charge in [-0.05, 0) is 13.8 Å². The van der Waals surface area contributed by atoms with E-state index in [-0.39, 0.29) is 21.1 Å². The molecule has 0 spiro atoms. The molecule has 4 nitrogen and oxygen atoms in total. The molecule has 0 aromatic rings. The second-order valence-electron chi connectivity index (χ2n) is 4.43. The number of hydrogen-bond donors (Lipinski definition) is 0. The molecule has 0 aliphatic carbocycles. The second kappa shape index (κ2) is 15.7. The average molecular weight is 351 g/mol. The van der Waals surface area contributed by atoms with Crippen LogP contribution in [0.25, 0.3) is 0 Å². The van der Waals surface area contributed by atoms with Gasteiger partial charge in [0.2, 0.25) is 0 Å². The van der Waals surface area contributed by atoms with Crippen molar-refractivity contribution in [2.24, 2.45) is 11.8 Å². The number of carbonyl (C=O) groups is 2. The SMILES string of the molecule is CC(=O)[O-].CC(=O)[O-].CC(C)[CH2][Sn+2][CH2]C(C)C. The topological polar surface area (TPSA) is 80.3 Å². The van der Waals surface area contributed by atoms with Gasteiger partial charge in [-0.25, -0.2) is 0 Å². The summed E-state index contributed by atoms with van der Waals surface area (Å²) in [5.74, 6) is -0.231. The Bertz CT molecular complexity index is 163. The zero-order chi connectivity index (χ0) is 14.4. The van der Waals surface area contributed by atoms with Gasteiger partial charge in [-0.2, -0.15) is 0 Å². The van der Waals surface area contributed by atoms with Crippen LogP contribution in [0.1, 0.15) is 41.5 Å². The molecular formula is C12H24O4Sn. The van der Waals surface area contributed by atoms with Crippen molar-refractivity contribution in [3.8, 4) is 0 Å². The molecule has 0 aromatic heterocycles. The van der Waals surface area contributed by atoms with Gasteiger partial charge < -0.3 is 19.8 Å². The number of carboxylic acids is 2. The molecule has 17 heavy (non-hydrogen) atoms. The van der Waals surface area contributed by atoms with Crippen molar-refractivity contribution in [2.75, 3.05) is 0 Å². The maximum atomic E-state index is 8.89. The molecule has 0 aromatic carbocycles. The third-order valence-electron chi connectivity index (χ3n) is 1.11.